The van der Waals surface area contributed by atoms with E-state index < -0.39 is 33.5 Å². The van der Waals surface area contributed by atoms with Crippen molar-refractivity contribution in [2.24, 2.45) is 0 Å². The lowest BCUT2D eigenvalue weighted by molar-refractivity contribution is -0.384. The Morgan fingerprint density at radius 2 is 2.04 bits per heavy atom. The summed E-state index contributed by atoms with van der Waals surface area (Å²) in [4.78, 5) is 14.5. The first kappa shape index (κ1) is 19.9. The lowest BCUT2D eigenvalue weighted by Gasteiger charge is -2.13. The summed E-state index contributed by atoms with van der Waals surface area (Å²) in [5, 5.41) is 22.7. The molecule has 0 unspecified atom stereocenters. The molecule has 0 saturated carbocycles. The van der Waals surface area contributed by atoms with Crippen LogP contribution in [0, 0.1) is 17.0 Å². The van der Waals surface area contributed by atoms with Gasteiger partial charge in [-0.2, -0.15) is 13.2 Å². The Morgan fingerprint density at radius 3 is 2.54 bits per heavy atom. The van der Waals surface area contributed by atoms with E-state index in [1.807, 2.05) is 0 Å². The Balaban J connectivity index is 2.31. The normalized spacial score (nSPS) is 12.7. The number of pyridine rings is 1. The Bertz CT molecular complexity index is 841. The van der Waals surface area contributed by atoms with Crippen LogP contribution in [-0.2, 0) is 12.7 Å². The third kappa shape index (κ3) is 4.41. The molecule has 1 heterocycles. The van der Waals surface area contributed by atoms with Crippen LogP contribution >= 0.6 is 11.6 Å². The van der Waals surface area contributed by atoms with Gasteiger partial charge in [0.2, 0.25) is 0 Å². The highest BCUT2D eigenvalue weighted by Gasteiger charge is 2.36. The predicted octanol–water partition coefficient (Wildman–Crippen LogP) is 4.64. The molecule has 0 fully saturated rings. The first-order chi connectivity index (χ1) is 12.0. The second-order valence-electron chi connectivity index (χ2n) is 5.61. The van der Waals surface area contributed by atoms with Crippen LogP contribution in [-0.4, -0.2) is 15.0 Å². The minimum atomic E-state index is -4.80. The number of aryl methyl sites for hydroxylation is 1. The number of halogens is 4. The van der Waals surface area contributed by atoms with Crippen molar-refractivity contribution >= 4 is 23.0 Å². The molecule has 6 nitrogen and oxygen atoms in total. The number of aliphatic hydroxyl groups is 1. The van der Waals surface area contributed by atoms with Crippen molar-refractivity contribution in [3.63, 3.8) is 0 Å². The summed E-state index contributed by atoms with van der Waals surface area (Å²) in [5.41, 5.74) is -0.438. The maximum Gasteiger partial charge on any atom is 0.418 e. The van der Waals surface area contributed by atoms with Crippen LogP contribution in [0.1, 0.15) is 35.5 Å². The van der Waals surface area contributed by atoms with E-state index >= 15 is 0 Å². The monoisotopic (exact) mass is 389 g/mol. The van der Waals surface area contributed by atoms with Crippen LogP contribution < -0.4 is 5.32 Å². The molecule has 0 bridgehead atoms. The summed E-state index contributed by atoms with van der Waals surface area (Å²) in [6, 6.07) is 4.55. The molecule has 10 heteroatoms. The third-order valence-electron chi connectivity index (χ3n) is 3.68. The maximum absolute atomic E-state index is 12.9. The first-order valence-electron chi connectivity index (χ1n) is 7.44. The number of anilines is 1. The Kier molecular flexibility index (Phi) is 5.72. The molecule has 0 aliphatic carbocycles. The summed E-state index contributed by atoms with van der Waals surface area (Å²) in [7, 11) is 0. The van der Waals surface area contributed by atoms with Gasteiger partial charge < -0.3 is 10.4 Å². The molecule has 2 N–H and O–H groups in total. The van der Waals surface area contributed by atoms with E-state index in [9.17, 15) is 28.4 Å². The van der Waals surface area contributed by atoms with Gasteiger partial charge in [-0.15, -0.1) is 0 Å². The molecule has 0 aliphatic heterocycles. The van der Waals surface area contributed by atoms with E-state index in [1.54, 1.807) is 26.0 Å². The van der Waals surface area contributed by atoms with Crippen LogP contribution in [0.15, 0.2) is 24.3 Å². The summed E-state index contributed by atoms with van der Waals surface area (Å²) in [5.74, 6) is 0. The molecule has 2 rings (SSSR count). The number of aliphatic hydroxyl groups excluding tert-OH is 1. The molecule has 0 spiro atoms. The number of aromatic nitrogens is 1. The number of alkyl halides is 3. The van der Waals surface area contributed by atoms with Gasteiger partial charge in [-0.3, -0.25) is 15.1 Å². The minimum absolute atomic E-state index is 0.0312. The zero-order valence-electron chi connectivity index (χ0n) is 13.8. The van der Waals surface area contributed by atoms with Crippen LogP contribution in [0.5, 0.6) is 0 Å². The lowest BCUT2D eigenvalue weighted by atomic mass is 10.1. The van der Waals surface area contributed by atoms with Gasteiger partial charge in [0.1, 0.15) is 5.69 Å². The number of nitrogens with one attached hydrogen (secondary N) is 1. The highest BCUT2D eigenvalue weighted by Crippen LogP contribution is 2.40. The minimum Gasteiger partial charge on any atom is -0.389 e. The van der Waals surface area contributed by atoms with Gasteiger partial charge in [-0.05, 0) is 26.0 Å². The Hall–Kier alpha value is -2.39. The molecule has 0 aliphatic rings. The maximum atomic E-state index is 12.9. The van der Waals surface area contributed by atoms with Gasteiger partial charge >= 0.3 is 6.18 Å². The van der Waals surface area contributed by atoms with E-state index in [0.29, 0.717) is 23.0 Å². The summed E-state index contributed by atoms with van der Waals surface area (Å²) in [6.07, 6.45) is -5.49. The van der Waals surface area contributed by atoms with Crippen LogP contribution in [0.3, 0.4) is 0 Å². The van der Waals surface area contributed by atoms with Crippen molar-refractivity contribution in [3.05, 3.63) is 61.9 Å². The SMILES string of the molecule is Cc1nc(CNc2cc(Cl)c(C(F)(F)F)cc2[N+](=O)[O-])ccc1[C@@H](C)O. The van der Waals surface area contributed by atoms with Crippen molar-refractivity contribution in [3.8, 4) is 0 Å². The topological polar surface area (TPSA) is 88.3 Å². The number of nitro groups is 1. The fourth-order valence-electron chi connectivity index (χ4n) is 2.42. The Labute approximate surface area is 151 Å². The van der Waals surface area contributed by atoms with Gasteiger partial charge in [-0.25, -0.2) is 0 Å². The average Bonchev–Trinajstić information content (AvgIpc) is 2.51. The zero-order valence-corrected chi connectivity index (χ0v) is 14.5. The van der Waals surface area contributed by atoms with E-state index in [2.05, 4.69) is 10.3 Å². The molecule has 1 atom stereocenters. The molecule has 0 saturated heterocycles. The molecule has 1 aromatic heterocycles. The molecule has 1 aromatic carbocycles. The number of nitrogens with zero attached hydrogens (tertiary/aromatic N) is 2. The van der Waals surface area contributed by atoms with Crippen LogP contribution in [0.4, 0.5) is 24.5 Å². The number of hydrogen-bond acceptors (Lipinski definition) is 5. The molecular formula is C16H15ClF3N3O3. The van der Waals surface area contributed by atoms with E-state index in [-0.39, 0.29) is 12.2 Å². The molecular weight excluding hydrogens is 375 g/mol. The standard InChI is InChI=1S/C16H15ClF3N3O3/c1-8-11(9(2)24)4-3-10(22-8)7-21-14-6-13(17)12(16(18,19)20)5-15(14)23(25)26/h3-6,9,21,24H,7H2,1-2H3/t9-/m1/s1. The lowest BCUT2D eigenvalue weighted by Crippen LogP contribution is -2.10. The Morgan fingerprint density at radius 1 is 1.38 bits per heavy atom. The van der Waals surface area contributed by atoms with Crippen molar-refractivity contribution in [1.82, 2.24) is 4.98 Å². The van der Waals surface area contributed by atoms with Gasteiger partial charge in [0.15, 0.2) is 0 Å². The fraction of sp³-hybridized carbons (Fsp3) is 0.312. The van der Waals surface area contributed by atoms with E-state index in [0.717, 1.165) is 6.07 Å². The number of hydrogen-bond donors (Lipinski definition) is 2. The van der Waals surface area contributed by atoms with Crippen molar-refractivity contribution < 1.29 is 23.2 Å². The van der Waals surface area contributed by atoms with Gasteiger partial charge in [-0.1, -0.05) is 17.7 Å². The quantitative estimate of drug-likeness (QED) is 0.574. The average molecular weight is 390 g/mol. The third-order valence-corrected chi connectivity index (χ3v) is 3.99. The largest absolute Gasteiger partial charge is 0.418 e. The van der Waals surface area contributed by atoms with Crippen molar-refractivity contribution in [2.75, 3.05) is 5.32 Å². The predicted molar refractivity (Wildman–Crippen MR) is 90.0 cm³/mol. The molecule has 140 valence electrons. The van der Waals surface area contributed by atoms with Gasteiger partial charge in [0.25, 0.3) is 5.69 Å². The molecule has 2 aromatic rings. The number of benzene rings is 1. The van der Waals surface area contributed by atoms with Crippen LogP contribution in [0.2, 0.25) is 5.02 Å². The second-order valence-corrected chi connectivity index (χ2v) is 6.02. The van der Waals surface area contributed by atoms with Gasteiger partial charge in [0, 0.05) is 17.3 Å². The number of rotatable bonds is 5. The highest BCUT2D eigenvalue weighted by atomic mass is 35.5. The smallest absolute Gasteiger partial charge is 0.389 e. The van der Waals surface area contributed by atoms with Crippen LogP contribution in [0.25, 0.3) is 0 Å². The van der Waals surface area contributed by atoms with E-state index in [1.165, 1.54) is 0 Å². The number of nitro benzene ring substituents is 1. The zero-order chi connectivity index (χ0) is 19.6. The van der Waals surface area contributed by atoms with Gasteiger partial charge in [0.05, 0.1) is 33.9 Å². The molecule has 26 heavy (non-hydrogen) atoms. The fourth-order valence-corrected chi connectivity index (χ4v) is 2.69. The summed E-state index contributed by atoms with van der Waals surface area (Å²) in [6.45, 7) is 3.32. The first-order valence-corrected chi connectivity index (χ1v) is 7.82. The van der Waals surface area contributed by atoms with Crippen molar-refractivity contribution in [2.45, 2.75) is 32.7 Å². The second kappa shape index (κ2) is 7.46. The van der Waals surface area contributed by atoms with E-state index in [4.69, 9.17) is 11.6 Å². The summed E-state index contributed by atoms with van der Waals surface area (Å²) >= 11 is 5.63. The molecule has 0 radical (unpaired) electrons. The van der Waals surface area contributed by atoms with Crippen molar-refractivity contribution in [1.29, 1.82) is 0 Å². The molecule has 0 amide bonds. The highest BCUT2D eigenvalue weighted by molar-refractivity contribution is 6.31. The summed E-state index contributed by atoms with van der Waals surface area (Å²) < 4.78 is 38.6.